The second-order valence-corrected chi connectivity index (χ2v) is 4.47. The minimum atomic E-state index is 0.730. The first-order chi connectivity index (χ1) is 5.27. The standard InChI is InChI=1S/C10H19.Li/c1-2-3-7-10-8-5-4-6-9-10;/h2-9H2,1H3;. The maximum atomic E-state index is 2.49. The second-order valence-electron chi connectivity index (χ2n) is 4.47. The summed E-state index contributed by atoms with van der Waals surface area (Å²) in [6.07, 6.45) is 11.7. The summed E-state index contributed by atoms with van der Waals surface area (Å²) in [5, 5.41) is 0. The number of hydrogen-bond acceptors (Lipinski definition) is 0. The molecule has 1 saturated carbocycles. The van der Waals surface area contributed by atoms with Gasteiger partial charge < -0.3 is 0 Å². The Morgan fingerprint density at radius 2 is 1.82 bits per heavy atom. The van der Waals surface area contributed by atoms with E-state index in [0.717, 1.165) is 4.09 Å². The van der Waals surface area contributed by atoms with Gasteiger partial charge in [-0.2, -0.15) is 0 Å². The van der Waals surface area contributed by atoms with Crippen LogP contribution >= 0.6 is 0 Å². The van der Waals surface area contributed by atoms with E-state index in [2.05, 4.69) is 24.6 Å². The van der Waals surface area contributed by atoms with Crippen molar-refractivity contribution in [2.24, 2.45) is 0 Å². The molecule has 60 valence electrons. The third kappa shape index (κ3) is 3.22. The Hall–Kier alpha value is 0.597. The Morgan fingerprint density at radius 1 is 1.18 bits per heavy atom. The Bertz CT molecular complexity index is 103. The monoisotopic (exact) mass is 146 g/mol. The average Bonchev–Trinajstić information content (AvgIpc) is 2.03. The third-order valence-electron chi connectivity index (χ3n) is 3.19. The Morgan fingerprint density at radius 3 is 2.36 bits per heavy atom. The molecule has 1 rings (SSSR count). The quantitative estimate of drug-likeness (QED) is 0.535. The average molecular weight is 146 g/mol. The summed E-state index contributed by atoms with van der Waals surface area (Å²) in [6, 6.07) is 0. The van der Waals surface area contributed by atoms with Crippen molar-refractivity contribution in [1.29, 1.82) is 0 Å². The van der Waals surface area contributed by atoms with Crippen molar-refractivity contribution in [1.82, 2.24) is 0 Å². The first-order valence-electron chi connectivity index (χ1n) is 5.27. The third-order valence-corrected chi connectivity index (χ3v) is 3.19. The van der Waals surface area contributed by atoms with Crippen LogP contribution in [-0.2, 0) is 0 Å². The number of unbranched alkanes of at least 4 members (excludes halogenated alkanes) is 1. The van der Waals surface area contributed by atoms with Crippen LogP contribution in [0.2, 0.25) is 4.09 Å². The van der Waals surface area contributed by atoms with Crippen molar-refractivity contribution in [2.45, 2.75) is 62.4 Å². The molecule has 0 unspecified atom stereocenters. The van der Waals surface area contributed by atoms with Crippen LogP contribution in [0.1, 0.15) is 58.3 Å². The van der Waals surface area contributed by atoms with Crippen molar-refractivity contribution in [3.05, 3.63) is 0 Å². The van der Waals surface area contributed by atoms with Gasteiger partial charge in [0, 0.05) is 0 Å². The molecule has 0 saturated heterocycles. The molecule has 0 radical (unpaired) electrons. The summed E-state index contributed by atoms with van der Waals surface area (Å²) >= 11 is 2.49. The number of rotatable bonds is 3. The Kier molecular flexibility index (Phi) is 4.03. The van der Waals surface area contributed by atoms with Crippen LogP contribution in [0.3, 0.4) is 0 Å². The molecule has 1 aliphatic carbocycles. The predicted molar refractivity (Wildman–Crippen MR) is 51.1 cm³/mol. The van der Waals surface area contributed by atoms with Gasteiger partial charge in [-0.15, -0.1) is 0 Å². The van der Waals surface area contributed by atoms with Crippen molar-refractivity contribution >= 4 is 17.7 Å². The zero-order valence-electron chi connectivity index (χ0n) is 8.16. The molecule has 0 bridgehead atoms. The van der Waals surface area contributed by atoms with E-state index in [1.54, 1.807) is 0 Å². The first-order valence-corrected chi connectivity index (χ1v) is 5.27. The fourth-order valence-corrected chi connectivity index (χ4v) is 2.26. The molecule has 0 nitrogen and oxygen atoms in total. The van der Waals surface area contributed by atoms with Gasteiger partial charge in [-0.05, 0) is 0 Å². The van der Waals surface area contributed by atoms with E-state index in [0.29, 0.717) is 0 Å². The van der Waals surface area contributed by atoms with Crippen LogP contribution < -0.4 is 0 Å². The molecule has 0 heterocycles. The van der Waals surface area contributed by atoms with Crippen LogP contribution in [0.25, 0.3) is 0 Å². The van der Waals surface area contributed by atoms with E-state index in [4.69, 9.17) is 0 Å². The van der Waals surface area contributed by atoms with Crippen LogP contribution in [0.5, 0.6) is 0 Å². The van der Waals surface area contributed by atoms with Gasteiger partial charge in [0.05, 0.1) is 0 Å². The van der Waals surface area contributed by atoms with Gasteiger partial charge in [-0.3, -0.25) is 0 Å². The van der Waals surface area contributed by atoms with E-state index < -0.39 is 0 Å². The van der Waals surface area contributed by atoms with Gasteiger partial charge in [-0.25, -0.2) is 0 Å². The topological polar surface area (TPSA) is 0 Å². The Labute approximate surface area is 80.3 Å². The molecular formula is C10H19Li. The summed E-state index contributed by atoms with van der Waals surface area (Å²) in [5.74, 6) is 0. The molecule has 0 aliphatic heterocycles. The Balaban J connectivity index is 2.25. The van der Waals surface area contributed by atoms with Crippen LogP contribution in [0.15, 0.2) is 0 Å². The molecule has 0 aromatic heterocycles. The van der Waals surface area contributed by atoms with E-state index in [1.165, 1.54) is 51.4 Å². The summed E-state index contributed by atoms with van der Waals surface area (Å²) in [6.45, 7) is 2.30. The molecule has 1 fully saturated rings. The molecule has 0 aromatic rings. The molecule has 0 N–H and O–H groups in total. The van der Waals surface area contributed by atoms with E-state index in [9.17, 15) is 0 Å². The summed E-state index contributed by atoms with van der Waals surface area (Å²) in [4.78, 5) is 0. The van der Waals surface area contributed by atoms with Crippen LogP contribution in [-0.4, -0.2) is 17.7 Å². The van der Waals surface area contributed by atoms with Crippen molar-refractivity contribution in [3.8, 4) is 0 Å². The molecule has 0 atom stereocenters. The van der Waals surface area contributed by atoms with Gasteiger partial charge >= 0.3 is 80.1 Å². The summed E-state index contributed by atoms with van der Waals surface area (Å²) in [7, 11) is 0. The second kappa shape index (κ2) is 4.58. The van der Waals surface area contributed by atoms with Crippen LogP contribution in [0.4, 0.5) is 0 Å². The molecular weight excluding hydrogens is 127 g/mol. The zero-order chi connectivity index (χ0) is 8.16. The van der Waals surface area contributed by atoms with E-state index in [1.807, 2.05) is 0 Å². The van der Waals surface area contributed by atoms with Gasteiger partial charge in [-0.1, -0.05) is 0 Å². The molecule has 11 heavy (non-hydrogen) atoms. The normalized spacial score (nSPS) is 23.5. The van der Waals surface area contributed by atoms with Crippen molar-refractivity contribution < 1.29 is 0 Å². The number of hydrogen-bond donors (Lipinski definition) is 0. The molecule has 0 spiro atoms. The maximum absolute atomic E-state index is 2.49. The molecule has 0 amide bonds. The van der Waals surface area contributed by atoms with Gasteiger partial charge in [0.2, 0.25) is 0 Å². The molecule has 1 aliphatic rings. The van der Waals surface area contributed by atoms with Gasteiger partial charge in [0.1, 0.15) is 0 Å². The predicted octanol–water partition coefficient (Wildman–Crippen LogP) is 3.47. The van der Waals surface area contributed by atoms with E-state index in [-0.39, 0.29) is 0 Å². The first kappa shape index (κ1) is 9.68. The van der Waals surface area contributed by atoms with Crippen molar-refractivity contribution in [3.63, 3.8) is 0 Å². The van der Waals surface area contributed by atoms with Gasteiger partial charge in [0.25, 0.3) is 0 Å². The molecule has 0 aromatic carbocycles. The van der Waals surface area contributed by atoms with Gasteiger partial charge in [0.15, 0.2) is 0 Å². The zero-order valence-corrected chi connectivity index (χ0v) is 8.16. The molecule has 1 heteroatoms. The summed E-state index contributed by atoms with van der Waals surface area (Å²) < 4.78 is 0.730. The van der Waals surface area contributed by atoms with Crippen LogP contribution in [0, 0.1) is 0 Å². The fraction of sp³-hybridized carbons (Fsp3) is 1.00. The SMILES string of the molecule is [Li][C]1(CCCC)CCCCC1. The van der Waals surface area contributed by atoms with Crippen molar-refractivity contribution in [2.75, 3.05) is 0 Å². The fourth-order valence-electron chi connectivity index (χ4n) is 2.26. The minimum absolute atomic E-state index is 0.730. The van der Waals surface area contributed by atoms with E-state index >= 15 is 0 Å². The summed E-state index contributed by atoms with van der Waals surface area (Å²) in [5.41, 5.74) is 0.